The summed E-state index contributed by atoms with van der Waals surface area (Å²) in [5.41, 5.74) is 1.02. The number of carbonyl (C=O) groups is 1. The van der Waals surface area contributed by atoms with Gasteiger partial charge >= 0.3 is 6.03 Å². The first kappa shape index (κ1) is 16.5. The highest BCUT2D eigenvalue weighted by Crippen LogP contribution is 2.17. The fourth-order valence-corrected chi connectivity index (χ4v) is 2.55. The van der Waals surface area contributed by atoms with Crippen LogP contribution in [0.15, 0.2) is 36.7 Å². The van der Waals surface area contributed by atoms with Crippen molar-refractivity contribution in [3.05, 3.63) is 42.2 Å². The van der Waals surface area contributed by atoms with Gasteiger partial charge < -0.3 is 15.0 Å². The van der Waals surface area contributed by atoms with Gasteiger partial charge in [-0.3, -0.25) is 4.98 Å². The first-order valence-corrected chi connectivity index (χ1v) is 7.85. The smallest absolute Gasteiger partial charge is 0.317 e. The Hall–Kier alpha value is -1.88. The Morgan fingerprint density at radius 2 is 2.41 bits per heavy atom. The van der Waals surface area contributed by atoms with Crippen molar-refractivity contribution in [2.45, 2.75) is 25.8 Å². The van der Waals surface area contributed by atoms with Crippen molar-refractivity contribution < 1.29 is 9.53 Å². The van der Waals surface area contributed by atoms with Crippen molar-refractivity contribution in [1.82, 2.24) is 15.2 Å². The number of aromatic nitrogens is 1. The van der Waals surface area contributed by atoms with Crippen LogP contribution in [-0.4, -0.2) is 42.7 Å². The Balaban J connectivity index is 1.86. The molecule has 2 rings (SSSR count). The molecule has 1 unspecified atom stereocenters. The van der Waals surface area contributed by atoms with Gasteiger partial charge in [-0.2, -0.15) is 0 Å². The molecule has 5 nitrogen and oxygen atoms in total. The molecule has 0 radical (unpaired) electrons. The third-order valence-corrected chi connectivity index (χ3v) is 3.87. The number of amides is 2. The van der Waals surface area contributed by atoms with Gasteiger partial charge in [0.2, 0.25) is 0 Å². The van der Waals surface area contributed by atoms with Crippen LogP contribution in [0.2, 0.25) is 0 Å². The van der Waals surface area contributed by atoms with Gasteiger partial charge in [0.25, 0.3) is 0 Å². The van der Waals surface area contributed by atoms with Gasteiger partial charge in [-0.05, 0) is 36.8 Å². The molecule has 1 aromatic heterocycles. The summed E-state index contributed by atoms with van der Waals surface area (Å²) in [5, 5.41) is 3.06. The maximum atomic E-state index is 12.4. The fourth-order valence-electron chi connectivity index (χ4n) is 2.55. The lowest BCUT2D eigenvalue weighted by atomic mass is 9.94. The quantitative estimate of drug-likeness (QED) is 0.788. The van der Waals surface area contributed by atoms with Crippen LogP contribution in [-0.2, 0) is 11.3 Å². The van der Waals surface area contributed by atoms with Crippen molar-refractivity contribution in [3.63, 3.8) is 0 Å². The number of ether oxygens (including phenoxy) is 1. The molecule has 0 spiro atoms. The lowest BCUT2D eigenvalue weighted by molar-refractivity contribution is 0.145. The minimum atomic E-state index is -0.0320. The second-order valence-corrected chi connectivity index (χ2v) is 5.61. The Labute approximate surface area is 132 Å². The molecule has 5 heteroatoms. The summed E-state index contributed by atoms with van der Waals surface area (Å²) in [6.45, 7) is 2.38. The van der Waals surface area contributed by atoms with Gasteiger partial charge in [0.1, 0.15) is 0 Å². The Kier molecular flexibility index (Phi) is 6.90. The molecule has 1 aliphatic carbocycles. The van der Waals surface area contributed by atoms with Crippen LogP contribution in [0.5, 0.6) is 0 Å². The summed E-state index contributed by atoms with van der Waals surface area (Å²) in [4.78, 5) is 18.3. The van der Waals surface area contributed by atoms with Gasteiger partial charge in [0.15, 0.2) is 0 Å². The van der Waals surface area contributed by atoms with Crippen molar-refractivity contribution in [3.8, 4) is 0 Å². The number of rotatable bonds is 7. The van der Waals surface area contributed by atoms with E-state index in [4.69, 9.17) is 4.74 Å². The van der Waals surface area contributed by atoms with E-state index in [-0.39, 0.29) is 6.03 Å². The number of allylic oxidation sites excluding steroid dienone is 2. The molecule has 0 fully saturated rings. The number of hydrogen-bond donors (Lipinski definition) is 1. The molecular formula is C17H25N3O2. The molecule has 1 aromatic rings. The third-order valence-electron chi connectivity index (χ3n) is 3.87. The summed E-state index contributed by atoms with van der Waals surface area (Å²) in [6, 6.07) is 3.83. The molecule has 1 N–H and O–H groups in total. The number of nitrogens with zero attached hydrogens (tertiary/aromatic N) is 2. The maximum absolute atomic E-state index is 12.4. The van der Waals surface area contributed by atoms with Gasteiger partial charge in [-0.15, -0.1) is 0 Å². The van der Waals surface area contributed by atoms with Gasteiger partial charge in [-0.25, -0.2) is 4.79 Å². The van der Waals surface area contributed by atoms with E-state index in [1.54, 1.807) is 24.4 Å². The highest BCUT2D eigenvalue weighted by atomic mass is 16.5. The summed E-state index contributed by atoms with van der Waals surface area (Å²) in [7, 11) is 1.65. The van der Waals surface area contributed by atoms with Gasteiger partial charge in [-0.1, -0.05) is 18.2 Å². The summed E-state index contributed by atoms with van der Waals surface area (Å²) in [6.07, 6.45) is 11.3. The van der Waals surface area contributed by atoms with Crippen LogP contribution in [0.25, 0.3) is 0 Å². The van der Waals surface area contributed by atoms with Crippen LogP contribution in [0.3, 0.4) is 0 Å². The molecule has 0 saturated heterocycles. The standard InChI is InChI=1S/C17H25N3O2/c1-22-11-10-20(14-16-8-5-9-18-12-16)17(21)19-13-15-6-3-2-4-7-15/h2-3,5,8-9,12,15H,4,6-7,10-11,13-14H2,1H3,(H,19,21). The summed E-state index contributed by atoms with van der Waals surface area (Å²) >= 11 is 0. The molecule has 2 amide bonds. The maximum Gasteiger partial charge on any atom is 0.317 e. The van der Waals surface area contributed by atoms with Gasteiger partial charge in [0.05, 0.1) is 6.61 Å². The van der Waals surface area contributed by atoms with Crippen LogP contribution >= 0.6 is 0 Å². The monoisotopic (exact) mass is 303 g/mol. The Morgan fingerprint density at radius 3 is 3.09 bits per heavy atom. The normalized spacial score (nSPS) is 17.2. The number of pyridine rings is 1. The summed E-state index contributed by atoms with van der Waals surface area (Å²) in [5.74, 6) is 0.552. The molecule has 0 aliphatic heterocycles. The first-order valence-electron chi connectivity index (χ1n) is 7.85. The Bertz CT molecular complexity index is 476. The minimum Gasteiger partial charge on any atom is -0.383 e. The molecule has 120 valence electrons. The number of nitrogens with one attached hydrogen (secondary N) is 1. The summed E-state index contributed by atoms with van der Waals surface area (Å²) < 4.78 is 5.11. The van der Waals surface area contributed by atoms with Crippen molar-refractivity contribution in [2.24, 2.45) is 5.92 Å². The van der Waals surface area contributed by atoms with Crippen LogP contribution in [0, 0.1) is 5.92 Å². The van der Waals surface area contributed by atoms with E-state index in [0.717, 1.165) is 31.4 Å². The van der Waals surface area contributed by atoms with Crippen LogP contribution < -0.4 is 5.32 Å². The zero-order valence-corrected chi connectivity index (χ0v) is 13.2. The predicted octanol–water partition coefficient (Wildman–Crippen LogP) is 2.60. The molecule has 1 heterocycles. The third kappa shape index (κ3) is 5.48. The first-order chi connectivity index (χ1) is 10.8. The highest BCUT2D eigenvalue weighted by molar-refractivity contribution is 5.74. The average molecular weight is 303 g/mol. The zero-order chi connectivity index (χ0) is 15.6. The van der Waals surface area contributed by atoms with E-state index >= 15 is 0 Å². The SMILES string of the molecule is COCCN(Cc1cccnc1)C(=O)NCC1CC=CCC1. The zero-order valence-electron chi connectivity index (χ0n) is 13.2. The van der Waals surface area contributed by atoms with E-state index in [0.29, 0.717) is 25.6 Å². The van der Waals surface area contributed by atoms with Crippen molar-refractivity contribution in [1.29, 1.82) is 0 Å². The fraction of sp³-hybridized carbons (Fsp3) is 0.529. The van der Waals surface area contributed by atoms with E-state index in [1.807, 2.05) is 12.1 Å². The lowest BCUT2D eigenvalue weighted by Crippen LogP contribution is -2.43. The number of hydrogen-bond acceptors (Lipinski definition) is 3. The predicted molar refractivity (Wildman–Crippen MR) is 86.4 cm³/mol. The van der Waals surface area contributed by atoms with Crippen LogP contribution in [0.1, 0.15) is 24.8 Å². The molecule has 22 heavy (non-hydrogen) atoms. The van der Waals surface area contributed by atoms with Gasteiger partial charge in [0, 0.05) is 39.1 Å². The minimum absolute atomic E-state index is 0.0320. The molecule has 0 saturated carbocycles. The highest BCUT2D eigenvalue weighted by Gasteiger charge is 2.16. The van der Waals surface area contributed by atoms with Crippen LogP contribution in [0.4, 0.5) is 4.79 Å². The largest absolute Gasteiger partial charge is 0.383 e. The van der Waals surface area contributed by atoms with Crippen molar-refractivity contribution in [2.75, 3.05) is 26.8 Å². The lowest BCUT2D eigenvalue weighted by Gasteiger charge is -2.25. The van der Waals surface area contributed by atoms with Crippen molar-refractivity contribution >= 4 is 6.03 Å². The molecule has 0 aromatic carbocycles. The molecule has 1 aliphatic rings. The number of methoxy groups -OCH3 is 1. The topological polar surface area (TPSA) is 54.5 Å². The van der Waals surface area contributed by atoms with E-state index in [2.05, 4.69) is 22.5 Å². The van der Waals surface area contributed by atoms with E-state index in [9.17, 15) is 4.79 Å². The van der Waals surface area contributed by atoms with E-state index in [1.165, 1.54) is 0 Å². The van der Waals surface area contributed by atoms with E-state index < -0.39 is 0 Å². The number of carbonyl (C=O) groups excluding carboxylic acids is 1. The molecule has 0 bridgehead atoms. The molecule has 1 atom stereocenters. The average Bonchev–Trinajstić information content (AvgIpc) is 2.58. The second kappa shape index (κ2) is 9.20. The number of urea groups is 1. The Morgan fingerprint density at radius 1 is 1.50 bits per heavy atom. The molecular weight excluding hydrogens is 278 g/mol. The second-order valence-electron chi connectivity index (χ2n) is 5.61.